The van der Waals surface area contributed by atoms with Crippen molar-refractivity contribution in [3.8, 4) is 16.9 Å². The van der Waals surface area contributed by atoms with Crippen LogP contribution in [-0.4, -0.2) is 39.5 Å². The topological polar surface area (TPSA) is 39.7 Å². The molecule has 0 aliphatic carbocycles. The molecule has 33 heavy (non-hydrogen) atoms. The van der Waals surface area contributed by atoms with Gasteiger partial charge in [-0.3, -0.25) is 0 Å². The molecule has 3 aromatic rings. The molecule has 0 bridgehead atoms. The fourth-order valence-electron chi connectivity index (χ4n) is 4.46. The lowest BCUT2D eigenvalue weighted by Crippen LogP contribution is -2.41. The predicted molar refractivity (Wildman–Crippen MR) is 134 cm³/mol. The molecule has 0 aromatic heterocycles. The Bertz CT molecular complexity index is 1000. The van der Waals surface area contributed by atoms with Crippen molar-refractivity contribution in [2.75, 3.05) is 33.4 Å². The third-order valence-corrected chi connectivity index (χ3v) is 6.27. The van der Waals surface area contributed by atoms with E-state index in [1.165, 1.54) is 22.3 Å². The minimum atomic E-state index is 0.118. The van der Waals surface area contributed by atoms with E-state index in [-0.39, 0.29) is 6.10 Å². The van der Waals surface area contributed by atoms with Crippen molar-refractivity contribution in [1.29, 1.82) is 0 Å². The van der Waals surface area contributed by atoms with E-state index in [9.17, 15) is 0 Å². The number of piperidine rings is 1. The highest BCUT2D eigenvalue weighted by molar-refractivity contribution is 5.64. The molecule has 1 heterocycles. The van der Waals surface area contributed by atoms with E-state index in [0.29, 0.717) is 25.7 Å². The molecule has 0 saturated carbocycles. The maximum absolute atomic E-state index is 6.52. The molecule has 1 aliphatic heterocycles. The van der Waals surface area contributed by atoms with Crippen LogP contribution in [0.4, 0.5) is 0 Å². The maximum Gasteiger partial charge on any atom is 0.125 e. The first kappa shape index (κ1) is 23.5. The number of rotatable bonds is 10. The van der Waals surface area contributed by atoms with Crippen LogP contribution in [0.5, 0.6) is 5.75 Å². The summed E-state index contributed by atoms with van der Waals surface area (Å²) in [7, 11) is 1.72. The van der Waals surface area contributed by atoms with Crippen molar-refractivity contribution in [2.24, 2.45) is 0 Å². The third kappa shape index (κ3) is 6.44. The van der Waals surface area contributed by atoms with Gasteiger partial charge in [-0.05, 0) is 48.2 Å². The summed E-state index contributed by atoms with van der Waals surface area (Å²) in [6.45, 7) is 5.85. The lowest BCUT2D eigenvalue weighted by atomic mass is 9.86. The number of hydrogen-bond donors (Lipinski definition) is 1. The van der Waals surface area contributed by atoms with Gasteiger partial charge in [0.25, 0.3) is 0 Å². The standard InChI is InChI=1S/C29H35NO3/c1-22-12-13-26(28(18-22)32-17-7-16-31-2)21-33-29-20-30-15-14-27(29)25-11-6-10-24(19-25)23-8-4-3-5-9-23/h3-6,8-13,18-19,27,29-30H,7,14-17,20-21H2,1-2H3/t27-,29+/m1/s1. The number of hydrogen-bond acceptors (Lipinski definition) is 4. The van der Waals surface area contributed by atoms with Crippen LogP contribution in [0.1, 0.15) is 35.4 Å². The molecule has 4 nitrogen and oxygen atoms in total. The molecule has 0 spiro atoms. The van der Waals surface area contributed by atoms with Crippen LogP contribution in [0.25, 0.3) is 11.1 Å². The van der Waals surface area contributed by atoms with E-state index in [1.54, 1.807) is 7.11 Å². The van der Waals surface area contributed by atoms with Crippen LogP contribution < -0.4 is 10.1 Å². The van der Waals surface area contributed by atoms with Gasteiger partial charge in [-0.15, -0.1) is 0 Å². The summed E-state index contributed by atoms with van der Waals surface area (Å²) >= 11 is 0. The molecule has 2 atom stereocenters. The Balaban J connectivity index is 1.46. The summed E-state index contributed by atoms with van der Waals surface area (Å²) in [5.41, 5.74) is 6.15. The van der Waals surface area contributed by atoms with Gasteiger partial charge in [-0.25, -0.2) is 0 Å². The number of aryl methyl sites for hydroxylation is 1. The summed E-state index contributed by atoms with van der Waals surface area (Å²) < 4.78 is 17.7. The Morgan fingerprint density at radius 1 is 0.909 bits per heavy atom. The minimum Gasteiger partial charge on any atom is -0.493 e. The molecule has 174 valence electrons. The van der Waals surface area contributed by atoms with Gasteiger partial charge in [0.05, 0.1) is 19.3 Å². The fourth-order valence-corrected chi connectivity index (χ4v) is 4.46. The third-order valence-electron chi connectivity index (χ3n) is 6.27. The fraction of sp³-hybridized carbons (Fsp3) is 0.379. The van der Waals surface area contributed by atoms with Crippen molar-refractivity contribution >= 4 is 0 Å². The molecule has 0 radical (unpaired) electrons. The second-order valence-corrected chi connectivity index (χ2v) is 8.75. The van der Waals surface area contributed by atoms with Crippen molar-refractivity contribution in [2.45, 2.75) is 38.4 Å². The van der Waals surface area contributed by atoms with Crippen LogP contribution in [-0.2, 0) is 16.1 Å². The predicted octanol–water partition coefficient (Wildman–Crippen LogP) is 5.74. The molecule has 1 N–H and O–H groups in total. The second kappa shape index (κ2) is 12.0. The zero-order valence-corrected chi connectivity index (χ0v) is 19.8. The monoisotopic (exact) mass is 445 g/mol. The minimum absolute atomic E-state index is 0.118. The van der Waals surface area contributed by atoms with Gasteiger partial charge in [0.1, 0.15) is 5.75 Å². The van der Waals surface area contributed by atoms with Crippen LogP contribution in [0.15, 0.2) is 72.8 Å². The average molecular weight is 446 g/mol. The molecule has 3 aromatic carbocycles. The summed E-state index contributed by atoms with van der Waals surface area (Å²) in [4.78, 5) is 0. The summed E-state index contributed by atoms with van der Waals surface area (Å²) in [6.07, 6.45) is 2.06. The van der Waals surface area contributed by atoms with Crippen LogP contribution in [0.2, 0.25) is 0 Å². The normalized spacial score (nSPS) is 18.2. The van der Waals surface area contributed by atoms with E-state index < -0.39 is 0 Å². The van der Waals surface area contributed by atoms with Crippen LogP contribution in [0.3, 0.4) is 0 Å². The number of benzene rings is 3. The summed E-state index contributed by atoms with van der Waals surface area (Å²) in [6, 6.07) is 25.9. The largest absolute Gasteiger partial charge is 0.493 e. The molecule has 4 rings (SSSR count). The molecule has 1 aliphatic rings. The molecular weight excluding hydrogens is 410 g/mol. The first-order chi connectivity index (χ1) is 16.2. The summed E-state index contributed by atoms with van der Waals surface area (Å²) in [5.74, 6) is 1.28. The first-order valence-electron chi connectivity index (χ1n) is 11.9. The smallest absolute Gasteiger partial charge is 0.125 e. The second-order valence-electron chi connectivity index (χ2n) is 8.75. The van der Waals surface area contributed by atoms with Crippen molar-refractivity contribution in [1.82, 2.24) is 5.32 Å². The van der Waals surface area contributed by atoms with Gasteiger partial charge in [0.15, 0.2) is 0 Å². The Hall–Kier alpha value is -2.66. The van der Waals surface area contributed by atoms with Crippen molar-refractivity contribution < 1.29 is 14.2 Å². The van der Waals surface area contributed by atoms with Crippen LogP contribution in [0, 0.1) is 6.92 Å². The number of methoxy groups -OCH3 is 1. The highest BCUT2D eigenvalue weighted by atomic mass is 16.5. The lowest BCUT2D eigenvalue weighted by Gasteiger charge is -2.33. The van der Waals surface area contributed by atoms with Gasteiger partial charge >= 0.3 is 0 Å². The van der Waals surface area contributed by atoms with E-state index >= 15 is 0 Å². The molecule has 4 heteroatoms. The quantitative estimate of drug-likeness (QED) is 0.404. The highest BCUT2D eigenvalue weighted by Gasteiger charge is 2.27. The zero-order valence-electron chi connectivity index (χ0n) is 19.8. The van der Waals surface area contributed by atoms with E-state index in [1.807, 2.05) is 0 Å². The first-order valence-corrected chi connectivity index (χ1v) is 11.9. The molecule has 1 saturated heterocycles. The van der Waals surface area contributed by atoms with Gasteiger partial charge in [-0.2, -0.15) is 0 Å². The Morgan fingerprint density at radius 2 is 1.76 bits per heavy atom. The van der Waals surface area contributed by atoms with Gasteiger partial charge in [0.2, 0.25) is 0 Å². The summed E-state index contributed by atoms with van der Waals surface area (Å²) in [5, 5.41) is 3.52. The zero-order chi connectivity index (χ0) is 22.9. The Labute approximate surface area is 197 Å². The average Bonchev–Trinajstić information content (AvgIpc) is 2.87. The molecule has 1 fully saturated rings. The van der Waals surface area contributed by atoms with Gasteiger partial charge in [0, 0.05) is 38.2 Å². The Kier molecular flexibility index (Phi) is 8.53. The maximum atomic E-state index is 6.52. The van der Waals surface area contributed by atoms with Gasteiger partial charge < -0.3 is 19.5 Å². The number of nitrogens with one attached hydrogen (secondary N) is 1. The van der Waals surface area contributed by atoms with Crippen LogP contribution >= 0.6 is 0 Å². The van der Waals surface area contributed by atoms with E-state index in [0.717, 1.165) is 37.2 Å². The van der Waals surface area contributed by atoms with Crippen molar-refractivity contribution in [3.63, 3.8) is 0 Å². The van der Waals surface area contributed by atoms with Crippen molar-refractivity contribution in [3.05, 3.63) is 89.5 Å². The molecule has 0 amide bonds. The van der Waals surface area contributed by atoms with E-state index in [2.05, 4.69) is 85.0 Å². The van der Waals surface area contributed by atoms with Gasteiger partial charge in [-0.1, -0.05) is 66.7 Å². The molecular formula is C29H35NO3. The molecule has 0 unspecified atom stereocenters. The van der Waals surface area contributed by atoms with E-state index in [4.69, 9.17) is 14.2 Å². The number of ether oxygens (including phenoxy) is 3. The SMILES string of the molecule is COCCCOc1cc(C)ccc1CO[C@H]1CNCC[C@@H]1c1cccc(-c2ccccc2)c1. The Morgan fingerprint density at radius 3 is 2.61 bits per heavy atom. The lowest BCUT2D eigenvalue weighted by molar-refractivity contribution is 0.00959. The highest BCUT2D eigenvalue weighted by Crippen LogP contribution is 2.32.